The summed E-state index contributed by atoms with van der Waals surface area (Å²) in [5, 5.41) is 2.55. The van der Waals surface area contributed by atoms with Crippen LogP contribution < -0.4 is 10.1 Å². The zero-order valence-corrected chi connectivity index (χ0v) is 12.4. The first-order chi connectivity index (χ1) is 9.30. The Bertz CT molecular complexity index is 477. The van der Waals surface area contributed by atoms with Crippen LogP contribution >= 0.6 is 0 Å². The van der Waals surface area contributed by atoms with Crippen LogP contribution in [0.25, 0.3) is 0 Å². The molecule has 0 aliphatic rings. The second-order valence-corrected chi connectivity index (χ2v) is 5.58. The SMILES string of the molecule is CCOC(=O)Nc1cccc(OC(=O)CC(C)(C)C)c1. The Morgan fingerprint density at radius 3 is 2.55 bits per heavy atom. The smallest absolute Gasteiger partial charge is 0.411 e. The molecule has 1 aromatic rings. The fraction of sp³-hybridized carbons (Fsp3) is 0.467. The van der Waals surface area contributed by atoms with Crippen LogP contribution in [0.1, 0.15) is 34.1 Å². The highest BCUT2D eigenvalue weighted by Crippen LogP contribution is 2.22. The number of esters is 1. The van der Waals surface area contributed by atoms with E-state index >= 15 is 0 Å². The van der Waals surface area contributed by atoms with Crippen LogP contribution in [0, 0.1) is 5.41 Å². The van der Waals surface area contributed by atoms with E-state index < -0.39 is 6.09 Å². The van der Waals surface area contributed by atoms with Crippen LogP contribution in [0.15, 0.2) is 24.3 Å². The molecule has 0 unspecified atom stereocenters. The van der Waals surface area contributed by atoms with Gasteiger partial charge in [0, 0.05) is 11.8 Å². The van der Waals surface area contributed by atoms with E-state index in [1.54, 1.807) is 31.2 Å². The molecule has 1 N–H and O–H groups in total. The Morgan fingerprint density at radius 2 is 1.95 bits per heavy atom. The number of carbonyl (C=O) groups is 2. The third kappa shape index (κ3) is 6.22. The van der Waals surface area contributed by atoms with Crippen molar-refractivity contribution >= 4 is 17.7 Å². The monoisotopic (exact) mass is 279 g/mol. The fourth-order valence-electron chi connectivity index (χ4n) is 1.52. The lowest BCUT2D eigenvalue weighted by molar-refractivity contribution is -0.136. The van der Waals surface area contributed by atoms with Crippen LogP contribution in [0.2, 0.25) is 0 Å². The molecule has 0 atom stereocenters. The predicted octanol–water partition coefficient (Wildman–Crippen LogP) is 3.60. The summed E-state index contributed by atoms with van der Waals surface area (Å²) in [6.07, 6.45) is -0.214. The minimum absolute atomic E-state index is 0.127. The largest absolute Gasteiger partial charge is 0.450 e. The van der Waals surface area contributed by atoms with Crippen molar-refractivity contribution in [1.29, 1.82) is 0 Å². The van der Waals surface area contributed by atoms with Crippen LogP contribution in [-0.2, 0) is 9.53 Å². The molecule has 0 fully saturated rings. The minimum Gasteiger partial charge on any atom is -0.450 e. The van der Waals surface area contributed by atoms with E-state index in [1.165, 1.54) is 0 Å². The van der Waals surface area contributed by atoms with Crippen molar-refractivity contribution < 1.29 is 19.1 Å². The Hall–Kier alpha value is -2.04. The number of rotatable bonds is 4. The average molecular weight is 279 g/mol. The number of benzene rings is 1. The van der Waals surface area contributed by atoms with E-state index in [4.69, 9.17) is 9.47 Å². The second kappa shape index (κ2) is 6.93. The predicted molar refractivity (Wildman–Crippen MR) is 76.8 cm³/mol. The summed E-state index contributed by atoms with van der Waals surface area (Å²) >= 11 is 0. The van der Waals surface area contributed by atoms with Gasteiger partial charge in [0.2, 0.25) is 0 Å². The lowest BCUT2D eigenvalue weighted by Gasteiger charge is -2.16. The van der Waals surface area contributed by atoms with E-state index in [1.807, 2.05) is 20.8 Å². The molecule has 0 aromatic heterocycles. The number of amides is 1. The number of anilines is 1. The highest BCUT2D eigenvalue weighted by atomic mass is 16.5. The zero-order chi connectivity index (χ0) is 15.2. The third-order valence-electron chi connectivity index (χ3n) is 2.26. The molecule has 0 bridgehead atoms. The molecule has 0 saturated heterocycles. The molecule has 20 heavy (non-hydrogen) atoms. The summed E-state index contributed by atoms with van der Waals surface area (Å²) in [7, 11) is 0. The molecule has 1 aromatic carbocycles. The highest BCUT2D eigenvalue weighted by Gasteiger charge is 2.17. The quantitative estimate of drug-likeness (QED) is 0.675. The summed E-state index contributed by atoms with van der Waals surface area (Å²) in [5.74, 6) is 0.0966. The maximum atomic E-state index is 11.7. The van der Waals surface area contributed by atoms with Gasteiger partial charge in [-0.2, -0.15) is 0 Å². The highest BCUT2D eigenvalue weighted by molar-refractivity contribution is 5.85. The van der Waals surface area contributed by atoms with Gasteiger partial charge >= 0.3 is 12.1 Å². The first-order valence-corrected chi connectivity index (χ1v) is 6.54. The molecule has 0 saturated carbocycles. The van der Waals surface area contributed by atoms with Gasteiger partial charge < -0.3 is 9.47 Å². The first kappa shape index (κ1) is 16.0. The Morgan fingerprint density at radius 1 is 1.25 bits per heavy atom. The third-order valence-corrected chi connectivity index (χ3v) is 2.26. The van der Waals surface area contributed by atoms with Crippen molar-refractivity contribution in [3.05, 3.63) is 24.3 Å². The van der Waals surface area contributed by atoms with Gasteiger partial charge in [-0.1, -0.05) is 26.8 Å². The van der Waals surface area contributed by atoms with Gasteiger partial charge in [0.25, 0.3) is 0 Å². The van der Waals surface area contributed by atoms with Gasteiger partial charge in [-0.3, -0.25) is 10.1 Å². The molecule has 5 nitrogen and oxygen atoms in total. The number of hydrogen-bond acceptors (Lipinski definition) is 4. The van der Waals surface area contributed by atoms with E-state index in [0.29, 0.717) is 24.5 Å². The number of nitrogens with one attached hydrogen (secondary N) is 1. The summed E-state index contributed by atoms with van der Waals surface area (Å²) < 4.78 is 10.0. The van der Waals surface area contributed by atoms with Crippen LogP contribution in [-0.4, -0.2) is 18.7 Å². The molecular formula is C15H21NO4. The molecule has 1 amide bonds. The number of hydrogen-bond donors (Lipinski definition) is 1. The van der Waals surface area contributed by atoms with E-state index in [9.17, 15) is 9.59 Å². The maximum absolute atomic E-state index is 11.7. The van der Waals surface area contributed by atoms with Crippen molar-refractivity contribution in [3.8, 4) is 5.75 Å². The topological polar surface area (TPSA) is 64.6 Å². The summed E-state index contributed by atoms with van der Waals surface area (Å²) in [5.41, 5.74) is 0.391. The van der Waals surface area contributed by atoms with Crippen LogP contribution in [0.5, 0.6) is 5.75 Å². The molecule has 110 valence electrons. The minimum atomic E-state index is -0.536. The molecule has 0 aliphatic heterocycles. The number of carbonyl (C=O) groups excluding carboxylic acids is 2. The van der Waals surface area contributed by atoms with Gasteiger partial charge in [-0.25, -0.2) is 4.79 Å². The Balaban J connectivity index is 2.64. The van der Waals surface area contributed by atoms with Gasteiger partial charge in [-0.05, 0) is 24.5 Å². The van der Waals surface area contributed by atoms with Crippen molar-refractivity contribution in [2.24, 2.45) is 5.41 Å². The van der Waals surface area contributed by atoms with Gasteiger partial charge in [-0.15, -0.1) is 0 Å². The first-order valence-electron chi connectivity index (χ1n) is 6.54. The fourth-order valence-corrected chi connectivity index (χ4v) is 1.52. The van der Waals surface area contributed by atoms with E-state index in [0.717, 1.165) is 0 Å². The molecule has 0 spiro atoms. The van der Waals surface area contributed by atoms with Gasteiger partial charge in [0.1, 0.15) is 5.75 Å². The second-order valence-electron chi connectivity index (χ2n) is 5.58. The Kier molecular flexibility index (Phi) is 5.55. The van der Waals surface area contributed by atoms with Crippen LogP contribution in [0.4, 0.5) is 10.5 Å². The molecule has 0 radical (unpaired) electrons. The molecule has 0 aliphatic carbocycles. The van der Waals surface area contributed by atoms with Crippen molar-refractivity contribution in [2.45, 2.75) is 34.1 Å². The van der Waals surface area contributed by atoms with Crippen molar-refractivity contribution in [1.82, 2.24) is 0 Å². The maximum Gasteiger partial charge on any atom is 0.411 e. The van der Waals surface area contributed by atoms with Crippen LogP contribution in [0.3, 0.4) is 0 Å². The summed E-state index contributed by atoms with van der Waals surface area (Å²) in [4.78, 5) is 23.0. The molecule has 5 heteroatoms. The standard InChI is InChI=1S/C15H21NO4/c1-5-19-14(18)16-11-7-6-8-12(9-11)20-13(17)10-15(2,3)4/h6-9H,5,10H2,1-4H3,(H,16,18). The van der Waals surface area contributed by atoms with Crippen molar-refractivity contribution in [3.63, 3.8) is 0 Å². The lowest BCUT2D eigenvalue weighted by atomic mass is 9.92. The summed E-state index contributed by atoms with van der Waals surface area (Å²) in [6, 6.07) is 6.63. The lowest BCUT2D eigenvalue weighted by Crippen LogP contribution is -2.18. The number of ether oxygens (including phenoxy) is 2. The normalized spacial score (nSPS) is 10.8. The van der Waals surface area contributed by atoms with Gasteiger partial charge in [0.05, 0.1) is 13.0 Å². The summed E-state index contributed by atoms with van der Waals surface area (Å²) in [6.45, 7) is 7.92. The molecular weight excluding hydrogens is 258 g/mol. The zero-order valence-electron chi connectivity index (χ0n) is 12.4. The van der Waals surface area contributed by atoms with E-state index in [2.05, 4.69) is 5.32 Å². The van der Waals surface area contributed by atoms with Gasteiger partial charge in [0.15, 0.2) is 0 Å². The van der Waals surface area contributed by atoms with E-state index in [-0.39, 0.29) is 11.4 Å². The molecule has 0 heterocycles. The average Bonchev–Trinajstić information content (AvgIpc) is 2.26. The molecule has 1 rings (SSSR count). The van der Waals surface area contributed by atoms with Crippen molar-refractivity contribution in [2.75, 3.05) is 11.9 Å². The Labute approximate surface area is 119 Å².